The molecule has 2 heterocycles. The maximum Gasteiger partial charge on any atom is 0.189 e. The number of aliphatic hydroxyl groups is 8. The van der Waals surface area contributed by atoms with Crippen molar-refractivity contribution in [1.29, 1.82) is 0 Å². The van der Waals surface area contributed by atoms with Crippen molar-refractivity contribution in [2.75, 3.05) is 6.61 Å². The van der Waals surface area contributed by atoms with E-state index < -0.39 is 67.0 Å². The van der Waals surface area contributed by atoms with Crippen molar-refractivity contribution in [2.24, 2.45) is 5.41 Å². The van der Waals surface area contributed by atoms with Gasteiger partial charge in [0.15, 0.2) is 12.6 Å². The molecule has 2 aliphatic rings. The topological polar surface area (TPSA) is 202 Å². The van der Waals surface area contributed by atoms with Crippen LogP contribution in [0.2, 0.25) is 0 Å². The van der Waals surface area contributed by atoms with Crippen LogP contribution in [-0.4, -0.2) is 120 Å². The highest BCUT2D eigenvalue weighted by atomic mass is 16.8. The van der Waals surface area contributed by atoms with E-state index in [2.05, 4.69) is 32.7 Å². The minimum Gasteiger partial charge on any atom is -0.394 e. The number of rotatable bonds is 3. The lowest BCUT2D eigenvalue weighted by atomic mass is 9.80. The molecule has 12 heteroatoms. The Balaban J connectivity index is 0.000000569. The summed E-state index contributed by atoms with van der Waals surface area (Å²) in [7, 11) is 0. The lowest BCUT2D eigenvalue weighted by Crippen LogP contribution is -2.61. The first-order chi connectivity index (χ1) is 16.9. The molecule has 2 aliphatic heterocycles. The smallest absolute Gasteiger partial charge is 0.189 e. The average Bonchev–Trinajstić information content (AvgIpc) is 2.72. The predicted molar refractivity (Wildman–Crippen MR) is 141 cm³/mol. The molecule has 0 saturated carbocycles. The van der Waals surface area contributed by atoms with E-state index in [4.69, 9.17) is 19.3 Å². The lowest BCUT2D eigenvalue weighted by molar-refractivity contribution is -0.355. The van der Waals surface area contributed by atoms with Gasteiger partial charge in [-0.3, -0.25) is 0 Å². The van der Waals surface area contributed by atoms with Crippen LogP contribution in [0.3, 0.4) is 0 Å². The van der Waals surface area contributed by atoms with Gasteiger partial charge in [0.25, 0.3) is 0 Å². The van der Waals surface area contributed by atoms with Crippen molar-refractivity contribution in [1.82, 2.24) is 5.32 Å². The summed E-state index contributed by atoms with van der Waals surface area (Å²) in [6, 6.07) is 0. The molecule has 2 fully saturated rings. The third-order valence-corrected chi connectivity index (χ3v) is 5.35. The van der Waals surface area contributed by atoms with Crippen molar-refractivity contribution in [3.8, 4) is 0 Å². The number of aliphatic hydroxyl groups excluding tert-OH is 8. The fourth-order valence-electron chi connectivity index (χ4n) is 3.73. The van der Waals surface area contributed by atoms with E-state index in [1.807, 2.05) is 27.7 Å². The van der Waals surface area contributed by atoms with E-state index in [0.29, 0.717) is 0 Å². The summed E-state index contributed by atoms with van der Waals surface area (Å²) < 4.78 is 15.5. The molecule has 0 aromatic carbocycles. The fourth-order valence-corrected chi connectivity index (χ4v) is 3.73. The zero-order valence-corrected chi connectivity index (χ0v) is 24.5. The number of hydrogen-bond acceptors (Lipinski definition) is 12. The molecule has 9 N–H and O–H groups in total. The van der Waals surface area contributed by atoms with Crippen molar-refractivity contribution in [3.05, 3.63) is 12.3 Å². The average molecular weight is 556 g/mol. The molecular formula is C26H53NO11. The maximum absolute atomic E-state index is 9.74. The molecule has 12 nitrogen and oxygen atoms in total. The summed E-state index contributed by atoms with van der Waals surface area (Å²) >= 11 is 0. The van der Waals surface area contributed by atoms with Gasteiger partial charge in [-0.05, 0) is 53.9 Å². The van der Waals surface area contributed by atoms with Gasteiger partial charge in [0.05, 0.1) is 18.3 Å². The van der Waals surface area contributed by atoms with Gasteiger partial charge in [0.2, 0.25) is 0 Å². The highest BCUT2D eigenvalue weighted by molar-refractivity contribution is 4.96. The summed E-state index contributed by atoms with van der Waals surface area (Å²) in [5.74, 6) is 0. The van der Waals surface area contributed by atoms with E-state index in [9.17, 15) is 35.7 Å². The van der Waals surface area contributed by atoms with E-state index in [1.54, 1.807) is 20.8 Å². The first-order valence-electron chi connectivity index (χ1n) is 12.7. The number of allylic oxidation sites excluding steroid dienone is 1. The van der Waals surface area contributed by atoms with Crippen LogP contribution in [-0.2, 0) is 14.2 Å². The van der Waals surface area contributed by atoms with Crippen LogP contribution >= 0.6 is 0 Å². The van der Waals surface area contributed by atoms with Crippen LogP contribution in [0.15, 0.2) is 12.3 Å². The highest BCUT2D eigenvalue weighted by Crippen LogP contribution is 2.32. The molecule has 0 bridgehead atoms. The lowest BCUT2D eigenvalue weighted by Gasteiger charge is -2.45. The first kappa shape index (κ1) is 37.1. The number of ether oxygens (including phenoxy) is 3. The molecule has 0 spiro atoms. The molecule has 2 saturated heterocycles. The second kappa shape index (κ2) is 14.6. The van der Waals surface area contributed by atoms with Gasteiger partial charge >= 0.3 is 0 Å². The Morgan fingerprint density at radius 2 is 1.21 bits per heavy atom. The largest absolute Gasteiger partial charge is 0.394 e. The molecule has 0 aromatic rings. The second-order valence-corrected chi connectivity index (χ2v) is 12.9. The molecule has 0 unspecified atom stereocenters. The third kappa shape index (κ3) is 12.5. The number of nitrogens with one attached hydrogen (secondary N) is 1. The fraction of sp³-hybridized carbons (Fsp3) is 0.923. The van der Waals surface area contributed by atoms with Crippen molar-refractivity contribution >= 4 is 0 Å². The predicted octanol–water partition coefficient (Wildman–Crippen LogP) is -0.658. The Morgan fingerprint density at radius 3 is 1.55 bits per heavy atom. The van der Waals surface area contributed by atoms with Gasteiger partial charge < -0.3 is 60.4 Å². The Bertz CT molecular complexity index is 694. The van der Waals surface area contributed by atoms with E-state index in [-0.39, 0.29) is 17.6 Å². The number of hydrogen-bond donors (Lipinski definition) is 9. The molecule has 38 heavy (non-hydrogen) atoms. The Labute approximate surface area is 226 Å². The van der Waals surface area contributed by atoms with Gasteiger partial charge in [0.1, 0.15) is 42.7 Å². The van der Waals surface area contributed by atoms with Crippen molar-refractivity contribution < 1.29 is 55.1 Å². The monoisotopic (exact) mass is 555 g/mol. The van der Waals surface area contributed by atoms with Crippen LogP contribution < -0.4 is 5.32 Å². The summed E-state index contributed by atoms with van der Waals surface area (Å²) in [6.45, 7) is 22.5. The second-order valence-electron chi connectivity index (χ2n) is 12.9. The van der Waals surface area contributed by atoms with E-state index >= 15 is 0 Å². The zero-order valence-electron chi connectivity index (χ0n) is 24.5. The van der Waals surface area contributed by atoms with Gasteiger partial charge in [-0.25, -0.2) is 0 Å². The van der Waals surface area contributed by atoms with Crippen LogP contribution in [0.1, 0.15) is 69.2 Å². The first-order valence-corrected chi connectivity index (χ1v) is 12.7. The summed E-state index contributed by atoms with van der Waals surface area (Å²) in [4.78, 5) is 0. The van der Waals surface area contributed by atoms with Crippen LogP contribution in [0.5, 0.6) is 0 Å². The van der Waals surface area contributed by atoms with Gasteiger partial charge in [0, 0.05) is 11.2 Å². The minimum absolute atomic E-state index is 0.172. The minimum atomic E-state index is -1.56. The standard InChI is InChI=1S/C10H20O5.C9H18O6.C7H15N/c1-10(2,3)9-8(14)7(13)6(12)5(4-11)15-9;1-9(2,3)15-8-6(12)4(10)5(11)7(13)14-8;1-6(2)8-7(3,4)5/h5-9,11-14H,4H2,1-3H3;4-8,10-13H,1-3H3;8H,1H2,2-5H3/t5-,6-,7+,8-,9-;4-,5-,6+,7-,8-;/m10./s1. The maximum atomic E-state index is 9.74. The molecule has 10 atom stereocenters. The van der Waals surface area contributed by atoms with Crippen LogP contribution in [0, 0.1) is 5.41 Å². The quantitative estimate of drug-likeness (QED) is 0.213. The van der Waals surface area contributed by atoms with Gasteiger partial charge in [-0.15, -0.1) is 0 Å². The highest BCUT2D eigenvalue weighted by Gasteiger charge is 2.47. The molecule has 0 aliphatic carbocycles. The SMILES string of the molecule is C=C(C)NC(C)(C)C.CC(C)(C)O[C@@H]1O[C@H](O)[C@@H](O)[C@H](O)[C@H]1O.CC(C)(C)[C@@H]1O[C@H](CO)[C@@H](O)[C@H](O)[C@H]1O. The zero-order chi connectivity index (χ0) is 30.4. The van der Waals surface area contributed by atoms with E-state index in [0.717, 1.165) is 5.70 Å². The summed E-state index contributed by atoms with van der Waals surface area (Å²) in [6.07, 6.45) is -12.2. The normalized spacial score (nSPS) is 36.3. The van der Waals surface area contributed by atoms with E-state index in [1.165, 1.54) is 0 Å². The van der Waals surface area contributed by atoms with Crippen molar-refractivity contribution in [2.45, 2.75) is 142 Å². The molecule has 0 amide bonds. The van der Waals surface area contributed by atoms with Gasteiger partial charge in [-0.1, -0.05) is 27.4 Å². The van der Waals surface area contributed by atoms with Gasteiger partial charge in [-0.2, -0.15) is 0 Å². The molecule has 228 valence electrons. The van der Waals surface area contributed by atoms with Crippen LogP contribution in [0.4, 0.5) is 0 Å². The molecule has 2 rings (SSSR count). The summed E-state index contributed by atoms with van der Waals surface area (Å²) in [5, 5.41) is 78.3. The summed E-state index contributed by atoms with van der Waals surface area (Å²) in [5.41, 5.74) is 0.241. The Morgan fingerprint density at radius 1 is 0.737 bits per heavy atom. The van der Waals surface area contributed by atoms with Crippen molar-refractivity contribution in [3.63, 3.8) is 0 Å². The third-order valence-electron chi connectivity index (χ3n) is 5.35. The van der Waals surface area contributed by atoms with Crippen LogP contribution in [0.25, 0.3) is 0 Å². The molecule has 0 radical (unpaired) electrons. The molecular weight excluding hydrogens is 502 g/mol. The Kier molecular flexibility index (Phi) is 14.3. The molecule has 0 aromatic heterocycles. The Hall–Kier alpha value is -0.900.